The van der Waals surface area contributed by atoms with E-state index in [1.165, 1.54) is 21.6 Å². The smallest absolute Gasteiger partial charge is 0.423 e. The summed E-state index contributed by atoms with van der Waals surface area (Å²) in [6.45, 7) is 0. The van der Waals surface area contributed by atoms with E-state index in [-0.39, 0.29) is 0 Å². The number of hydrogen-bond donors (Lipinski definition) is 2. The summed E-state index contributed by atoms with van der Waals surface area (Å²) in [7, 11) is -1.48. The predicted molar refractivity (Wildman–Crippen MR) is 161 cm³/mol. The van der Waals surface area contributed by atoms with Crippen LogP contribution in [0.25, 0.3) is 44.4 Å². The van der Waals surface area contributed by atoms with Gasteiger partial charge in [0.25, 0.3) is 0 Å². The maximum absolute atomic E-state index is 9.64. The summed E-state index contributed by atoms with van der Waals surface area (Å²) in [4.78, 5) is 12.3. The van der Waals surface area contributed by atoms with Crippen LogP contribution in [0.2, 0.25) is 0 Å². The van der Waals surface area contributed by atoms with Crippen LogP contribution in [0, 0.1) is 0 Å². The SMILES string of the molecule is OB(O)c1ccc2c(c1)SC1=CC(c3nc(-c4ccc(-c5ccccc5)cc4)c4ccccc4n3)=CC=C2C1. The Bertz CT molecular complexity index is 1830. The molecule has 0 fully saturated rings. The van der Waals surface area contributed by atoms with Crippen LogP contribution in [0.4, 0.5) is 0 Å². The highest BCUT2D eigenvalue weighted by Gasteiger charge is 2.23. The first kappa shape index (κ1) is 23.9. The number of allylic oxidation sites excluding steroid dienone is 6. The molecule has 4 nitrogen and oxygen atoms in total. The van der Waals surface area contributed by atoms with E-state index in [9.17, 15) is 10.0 Å². The second-order valence-electron chi connectivity index (χ2n) is 9.69. The van der Waals surface area contributed by atoms with Crippen molar-refractivity contribution in [1.82, 2.24) is 9.97 Å². The minimum atomic E-state index is -1.48. The van der Waals surface area contributed by atoms with Gasteiger partial charge in [0.15, 0.2) is 5.82 Å². The molecule has 39 heavy (non-hydrogen) atoms. The van der Waals surface area contributed by atoms with Crippen molar-refractivity contribution in [3.8, 4) is 22.4 Å². The third-order valence-electron chi connectivity index (χ3n) is 7.16. The summed E-state index contributed by atoms with van der Waals surface area (Å²) in [6, 6.07) is 32.7. The second-order valence-corrected chi connectivity index (χ2v) is 10.9. The molecule has 4 aromatic carbocycles. The summed E-state index contributed by atoms with van der Waals surface area (Å²) in [5.74, 6) is 0.684. The Hall–Kier alpha value is -4.23. The zero-order valence-corrected chi connectivity index (χ0v) is 21.8. The van der Waals surface area contributed by atoms with Crippen LogP contribution in [-0.4, -0.2) is 27.1 Å². The van der Waals surface area contributed by atoms with Crippen LogP contribution >= 0.6 is 11.8 Å². The molecule has 0 unspecified atom stereocenters. The highest BCUT2D eigenvalue weighted by Crippen LogP contribution is 2.46. The molecule has 0 amide bonds. The van der Waals surface area contributed by atoms with Crippen LogP contribution in [0.15, 0.2) is 125 Å². The lowest BCUT2D eigenvalue weighted by molar-refractivity contribution is 0.425. The molecule has 0 saturated carbocycles. The molecule has 0 radical (unpaired) electrons. The first-order valence-corrected chi connectivity index (χ1v) is 13.7. The molecular formula is C33H23BN2O2S. The lowest BCUT2D eigenvalue weighted by Crippen LogP contribution is -2.30. The van der Waals surface area contributed by atoms with Gasteiger partial charge in [0.05, 0.1) is 11.2 Å². The van der Waals surface area contributed by atoms with Gasteiger partial charge in [-0.2, -0.15) is 0 Å². The minimum Gasteiger partial charge on any atom is -0.423 e. The quantitative estimate of drug-likeness (QED) is 0.264. The average molecular weight is 522 g/mol. The van der Waals surface area contributed by atoms with E-state index in [1.807, 2.05) is 36.4 Å². The van der Waals surface area contributed by atoms with Crippen LogP contribution in [-0.2, 0) is 0 Å². The molecule has 1 aromatic heterocycles. The van der Waals surface area contributed by atoms with E-state index in [0.29, 0.717) is 11.3 Å². The van der Waals surface area contributed by atoms with Gasteiger partial charge in [0.2, 0.25) is 0 Å². The second kappa shape index (κ2) is 9.82. The van der Waals surface area contributed by atoms with Gasteiger partial charge in [-0.1, -0.05) is 109 Å². The van der Waals surface area contributed by atoms with Gasteiger partial charge in [-0.05, 0) is 50.8 Å². The van der Waals surface area contributed by atoms with E-state index in [0.717, 1.165) is 44.6 Å². The van der Waals surface area contributed by atoms with Crippen LogP contribution in [0.1, 0.15) is 17.8 Å². The maximum Gasteiger partial charge on any atom is 0.488 e. The van der Waals surface area contributed by atoms with Crippen molar-refractivity contribution in [3.63, 3.8) is 0 Å². The largest absolute Gasteiger partial charge is 0.488 e. The summed E-state index contributed by atoms with van der Waals surface area (Å²) < 4.78 is 0. The van der Waals surface area contributed by atoms with Crippen LogP contribution in [0.3, 0.4) is 0 Å². The molecule has 5 aromatic rings. The number of aromatic nitrogens is 2. The third-order valence-corrected chi connectivity index (χ3v) is 8.25. The van der Waals surface area contributed by atoms with Gasteiger partial charge < -0.3 is 10.0 Å². The van der Waals surface area contributed by atoms with Crippen molar-refractivity contribution in [2.75, 3.05) is 0 Å². The molecule has 186 valence electrons. The highest BCUT2D eigenvalue weighted by molar-refractivity contribution is 8.03. The van der Waals surface area contributed by atoms with Crippen molar-refractivity contribution in [2.24, 2.45) is 0 Å². The van der Waals surface area contributed by atoms with E-state index in [1.54, 1.807) is 17.8 Å². The van der Waals surface area contributed by atoms with E-state index in [2.05, 4.69) is 72.8 Å². The van der Waals surface area contributed by atoms with Crippen molar-refractivity contribution in [2.45, 2.75) is 11.3 Å². The van der Waals surface area contributed by atoms with Gasteiger partial charge in [-0.3, -0.25) is 0 Å². The number of rotatable bonds is 4. The van der Waals surface area contributed by atoms with Gasteiger partial charge in [0.1, 0.15) is 0 Å². The Morgan fingerprint density at radius 2 is 1.46 bits per heavy atom. The van der Waals surface area contributed by atoms with Crippen LogP contribution in [0.5, 0.6) is 0 Å². The lowest BCUT2D eigenvalue weighted by atomic mass is 9.79. The monoisotopic (exact) mass is 522 g/mol. The maximum atomic E-state index is 9.64. The Balaban J connectivity index is 1.31. The minimum absolute atomic E-state index is 0.495. The summed E-state index contributed by atoms with van der Waals surface area (Å²) in [6.07, 6.45) is 7.21. The molecular weight excluding hydrogens is 499 g/mol. The number of para-hydroxylation sites is 1. The topological polar surface area (TPSA) is 66.2 Å². The Morgan fingerprint density at radius 1 is 0.718 bits per heavy atom. The molecule has 2 aliphatic rings. The molecule has 1 aliphatic carbocycles. The van der Waals surface area contributed by atoms with Gasteiger partial charge in [-0.15, -0.1) is 0 Å². The Morgan fingerprint density at radius 3 is 2.28 bits per heavy atom. The number of fused-ring (bicyclic) bond motifs is 5. The fourth-order valence-corrected chi connectivity index (χ4v) is 6.37. The standard InChI is InChI=1S/C33H23BN2O2S/c37-34(38)26-16-17-28-24-14-15-25(19-27(18-24)39-31(28)20-26)33-35-30-9-5-4-8-29(30)32(36-33)23-12-10-22(11-13-23)21-6-2-1-3-7-21/h1-17,19-20,37-38H,18H2. The van der Waals surface area contributed by atoms with E-state index >= 15 is 0 Å². The molecule has 2 heterocycles. The molecule has 2 N–H and O–H groups in total. The predicted octanol–water partition coefficient (Wildman–Crippen LogP) is 6.50. The van der Waals surface area contributed by atoms with E-state index in [4.69, 9.17) is 9.97 Å². The molecule has 6 heteroatoms. The number of thioether (sulfide) groups is 1. The average Bonchev–Trinajstić information content (AvgIpc) is 3.16. The van der Waals surface area contributed by atoms with Gasteiger partial charge in [0, 0.05) is 27.8 Å². The van der Waals surface area contributed by atoms with Crippen LogP contribution < -0.4 is 5.46 Å². The van der Waals surface area contributed by atoms with Crippen molar-refractivity contribution in [1.29, 1.82) is 0 Å². The van der Waals surface area contributed by atoms with Gasteiger partial charge >= 0.3 is 7.12 Å². The first-order valence-electron chi connectivity index (χ1n) is 12.9. The Kier molecular flexibility index (Phi) is 6.01. The van der Waals surface area contributed by atoms with Gasteiger partial charge in [-0.25, -0.2) is 9.97 Å². The fraction of sp³-hybridized carbons (Fsp3) is 0.0303. The third kappa shape index (κ3) is 4.53. The fourth-order valence-electron chi connectivity index (χ4n) is 5.17. The lowest BCUT2D eigenvalue weighted by Gasteiger charge is -2.21. The summed E-state index contributed by atoms with van der Waals surface area (Å²) in [5.41, 5.74) is 8.98. The molecule has 0 saturated heterocycles. The number of hydrogen-bond acceptors (Lipinski definition) is 5. The number of nitrogens with zero attached hydrogens (tertiary/aromatic N) is 2. The van der Waals surface area contributed by atoms with Crippen molar-refractivity contribution >= 4 is 46.4 Å². The zero-order valence-electron chi connectivity index (χ0n) is 21.0. The molecule has 0 atom stereocenters. The number of benzene rings is 4. The summed E-state index contributed by atoms with van der Waals surface area (Å²) in [5, 5.41) is 20.3. The van der Waals surface area contributed by atoms with Crippen molar-refractivity contribution in [3.05, 3.63) is 132 Å². The molecule has 2 bridgehead atoms. The molecule has 1 aliphatic heterocycles. The van der Waals surface area contributed by atoms with E-state index < -0.39 is 7.12 Å². The highest BCUT2D eigenvalue weighted by atomic mass is 32.2. The zero-order chi connectivity index (χ0) is 26.3. The first-order chi connectivity index (χ1) is 19.1. The van der Waals surface area contributed by atoms with Crippen molar-refractivity contribution < 1.29 is 10.0 Å². The summed E-state index contributed by atoms with van der Waals surface area (Å²) >= 11 is 1.66. The molecule has 0 spiro atoms. The molecule has 7 rings (SSSR count). The normalized spacial score (nSPS) is 14.2. The Labute approximate surface area is 231 Å².